The molecule has 5 heteroatoms. The molecule has 3 N–H and O–H groups in total. The van der Waals surface area contributed by atoms with Crippen molar-refractivity contribution in [1.29, 1.82) is 0 Å². The van der Waals surface area contributed by atoms with Crippen molar-refractivity contribution in [3.05, 3.63) is 26.7 Å². The molecule has 1 aromatic rings. The summed E-state index contributed by atoms with van der Waals surface area (Å²) in [6.07, 6.45) is 0. The Kier molecular flexibility index (Phi) is 4.16. The van der Waals surface area contributed by atoms with E-state index in [0.717, 1.165) is 26.9 Å². The lowest BCUT2D eigenvalue weighted by molar-refractivity contribution is -0.138. The average Bonchev–Trinajstić information content (AvgIpc) is 2.27. The molecule has 0 saturated heterocycles. The Morgan fingerprint density at radius 2 is 1.82 bits per heavy atom. The number of carboxylic acids is 1. The van der Waals surface area contributed by atoms with Crippen LogP contribution in [0, 0.1) is 20.8 Å². The van der Waals surface area contributed by atoms with Gasteiger partial charge in [0, 0.05) is 0 Å². The molecule has 0 aromatic heterocycles. The Balaban J connectivity index is 3.59. The second kappa shape index (κ2) is 5.06. The molecule has 0 aliphatic heterocycles. The van der Waals surface area contributed by atoms with Crippen LogP contribution < -0.4 is 10.5 Å². The van der Waals surface area contributed by atoms with Crippen LogP contribution in [0.3, 0.4) is 0 Å². The second-order valence-electron chi connectivity index (χ2n) is 3.95. The first-order chi connectivity index (χ1) is 7.82. The first-order valence-electron chi connectivity index (χ1n) is 5.14. The Hall–Kier alpha value is -1.07. The van der Waals surface area contributed by atoms with Crippen molar-refractivity contribution < 1.29 is 14.6 Å². The number of carbonyl (C=O) groups is 1. The number of hydrogen-bond donors (Lipinski definition) is 2. The van der Waals surface area contributed by atoms with Crippen LogP contribution in [0.15, 0.2) is 4.47 Å². The summed E-state index contributed by atoms with van der Waals surface area (Å²) in [4.78, 5) is 11.0. The van der Waals surface area contributed by atoms with Gasteiger partial charge in [-0.3, -0.25) is 4.79 Å². The fourth-order valence-electron chi connectivity index (χ4n) is 1.94. The molecule has 1 atom stereocenters. The molecule has 0 amide bonds. The lowest BCUT2D eigenvalue weighted by atomic mass is 9.92. The highest BCUT2D eigenvalue weighted by Crippen LogP contribution is 2.38. The number of ether oxygens (including phenoxy) is 1. The zero-order valence-electron chi connectivity index (χ0n) is 10.3. The largest absolute Gasteiger partial charge is 0.495 e. The number of halogens is 1. The molecule has 0 aliphatic rings. The van der Waals surface area contributed by atoms with Crippen LogP contribution in [0.5, 0.6) is 5.75 Å². The van der Waals surface area contributed by atoms with Crippen LogP contribution in [-0.2, 0) is 4.79 Å². The molecular formula is C12H16BrNO3. The van der Waals surface area contributed by atoms with Gasteiger partial charge in [-0.1, -0.05) is 0 Å². The predicted octanol–water partition coefficient (Wildman–Crippen LogP) is 2.47. The molecule has 0 heterocycles. The Labute approximate surface area is 109 Å². The zero-order valence-corrected chi connectivity index (χ0v) is 11.9. The summed E-state index contributed by atoms with van der Waals surface area (Å²) >= 11 is 3.42. The number of methoxy groups -OCH3 is 1. The normalized spacial score (nSPS) is 12.4. The van der Waals surface area contributed by atoms with Gasteiger partial charge in [-0.05, 0) is 59.0 Å². The van der Waals surface area contributed by atoms with E-state index >= 15 is 0 Å². The Morgan fingerprint density at radius 1 is 1.29 bits per heavy atom. The van der Waals surface area contributed by atoms with Crippen molar-refractivity contribution in [2.75, 3.05) is 7.11 Å². The molecule has 0 saturated carbocycles. The summed E-state index contributed by atoms with van der Waals surface area (Å²) in [6.45, 7) is 5.57. The summed E-state index contributed by atoms with van der Waals surface area (Å²) in [5, 5.41) is 9.02. The molecule has 0 radical (unpaired) electrons. The van der Waals surface area contributed by atoms with Crippen LogP contribution in [0.1, 0.15) is 28.3 Å². The van der Waals surface area contributed by atoms with Crippen LogP contribution in [0.2, 0.25) is 0 Å². The van der Waals surface area contributed by atoms with E-state index < -0.39 is 12.0 Å². The highest BCUT2D eigenvalue weighted by atomic mass is 79.9. The van der Waals surface area contributed by atoms with Gasteiger partial charge in [0.15, 0.2) is 0 Å². The Bertz CT molecular complexity index is 442. The highest BCUT2D eigenvalue weighted by Gasteiger charge is 2.24. The predicted molar refractivity (Wildman–Crippen MR) is 69.5 cm³/mol. The van der Waals surface area contributed by atoms with Gasteiger partial charge in [-0.25, -0.2) is 0 Å². The smallest absolute Gasteiger partial charge is 0.325 e. The van der Waals surface area contributed by atoms with E-state index in [1.165, 1.54) is 0 Å². The van der Waals surface area contributed by atoms with E-state index in [0.29, 0.717) is 5.56 Å². The van der Waals surface area contributed by atoms with E-state index in [9.17, 15) is 4.79 Å². The molecule has 4 nitrogen and oxygen atoms in total. The van der Waals surface area contributed by atoms with Crippen LogP contribution in [0.4, 0.5) is 0 Å². The molecule has 0 fully saturated rings. The first kappa shape index (κ1) is 14.0. The van der Waals surface area contributed by atoms with Gasteiger partial charge >= 0.3 is 5.97 Å². The number of rotatable bonds is 3. The zero-order chi connectivity index (χ0) is 13.3. The second-order valence-corrected chi connectivity index (χ2v) is 4.74. The molecule has 17 heavy (non-hydrogen) atoms. The average molecular weight is 302 g/mol. The lowest BCUT2D eigenvalue weighted by Gasteiger charge is -2.20. The van der Waals surface area contributed by atoms with Crippen molar-refractivity contribution in [3.8, 4) is 5.75 Å². The van der Waals surface area contributed by atoms with E-state index in [1.54, 1.807) is 7.11 Å². The van der Waals surface area contributed by atoms with Crippen molar-refractivity contribution >= 4 is 21.9 Å². The quantitative estimate of drug-likeness (QED) is 0.899. The molecule has 0 aliphatic carbocycles. The number of nitrogens with two attached hydrogens (primary N) is 1. The summed E-state index contributed by atoms with van der Waals surface area (Å²) in [6, 6.07) is -1.02. The number of aliphatic carboxylic acids is 1. The minimum Gasteiger partial charge on any atom is -0.495 e. The molecule has 1 aromatic carbocycles. The van der Waals surface area contributed by atoms with Crippen LogP contribution in [0.25, 0.3) is 0 Å². The number of hydrogen-bond acceptors (Lipinski definition) is 3. The number of benzene rings is 1. The summed E-state index contributed by atoms with van der Waals surface area (Å²) in [7, 11) is 1.59. The molecule has 1 unspecified atom stereocenters. The third kappa shape index (κ3) is 2.30. The first-order valence-corrected chi connectivity index (χ1v) is 5.93. The van der Waals surface area contributed by atoms with Crippen molar-refractivity contribution in [1.82, 2.24) is 0 Å². The van der Waals surface area contributed by atoms with Crippen LogP contribution >= 0.6 is 15.9 Å². The van der Waals surface area contributed by atoms with E-state index in [-0.39, 0.29) is 0 Å². The summed E-state index contributed by atoms with van der Waals surface area (Å²) in [5.41, 5.74) is 8.91. The highest BCUT2D eigenvalue weighted by molar-refractivity contribution is 9.10. The molecule has 0 bridgehead atoms. The van der Waals surface area contributed by atoms with E-state index in [1.807, 2.05) is 20.8 Å². The van der Waals surface area contributed by atoms with Gasteiger partial charge in [0.2, 0.25) is 0 Å². The third-order valence-electron chi connectivity index (χ3n) is 3.02. The maximum absolute atomic E-state index is 11.0. The van der Waals surface area contributed by atoms with E-state index in [4.69, 9.17) is 15.6 Å². The maximum atomic E-state index is 11.0. The van der Waals surface area contributed by atoms with Gasteiger partial charge in [0.25, 0.3) is 0 Å². The van der Waals surface area contributed by atoms with Gasteiger partial charge in [-0.15, -0.1) is 0 Å². The van der Waals surface area contributed by atoms with Crippen molar-refractivity contribution in [3.63, 3.8) is 0 Å². The molecular weight excluding hydrogens is 286 g/mol. The third-order valence-corrected chi connectivity index (χ3v) is 3.98. The monoisotopic (exact) mass is 301 g/mol. The van der Waals surface area contributed by atoms with Crippen molar-refractivity contribution in [2.24, 2.45) is 5.73 Å². The van der Waals surface area contributed by atoms with Gasteiger partial charge in [-0.2, -0.15) is 0 Å². The summed E-state index contributed by atoms with van der Waals surface area (Å²) < 4.78 is 6.06. The Morgan fingerprint density at radius 3 is 2.24 bits per heavy atom. The van der Waals surface area contributed by atoms with Crippen LogP contribution in [-0.4, -0.2) is 18.2 Å². The molecule has 94 valence electrons. The topological polar surface area (TPSA) is 72.5 Å². The minimum absolute atomic E-state index is 0.641. The fraction of sp³-hybridized carbons (Fsp3) is 0.417. The maximum Gasteiger partial charge on any atom is 0.325 e. The lowest BCUT2D eigenvalue weighted by Crippen LogP contribution is -2.23. The molecule has 0 spiro atoms. The molecule has 1 rings (SSSR count). The van der Waals surface area contributed by atoms with E-state index in [2.05, 4.69) is 15.9 Å². The SMILES string of the molecule is COc1c(C)c(C)c(C(N)C(=O)O)c(C)c1Br. The standard InChI is InChI=1S/C12H16BrNO3/c1-5-6(2)11(17-4)9(13)7(3)8(5)10(14)12(15)16/h10H,14H2,1-4H3,(H,15,16). The minimum atomic E-state index is -1.03. The van der Waals surface area contributed by atoms with Gasteiger partial charge < -0.3 is 15.6 Å². The summed E-state index contributed by atoms with van der Waals surface area (Å²) in [5.74, 6) is -0.311. The van der Waals surface area contributed by atoms with Gasteiger partial charge in [0.1, 0.15) is 11.8 Å². The fourth-order valence-corrected chi connectivity index (χ4v) is 2.61. The van der Waals surface area contributed by atoms with Crippen molar-refractivity contribution in [2.45, 2.75) is 26.8 Å². The van der Waals surface area contributed by atoms with Gasteiger partial charge in [0.05, 0.1) is 11.6 Å². The number of carboxylic acid groups (broad SMARTS) is 1.